The lowest BCUT2D eigenvalue weighted by atomic mass is 9.83. The molecule has 90 valence electrons. The lowest BCUT2D eigenvalue weighted by Crippen LogP contribution is -2.26. The second-order valence-electron chi connectivity index (χ2n) is 4.47. The van der Waals surface area contributed by atoms with E-state index in [0.29, 0.717) is 5.41 Å². The van der Waals surface area contributed by atoms with Gasteiger partial charge in [0.05, 0.1) is 0 Å². The van der Waals surface area contributed by atoms with Crippen LogP contribution >= 0.6 is 31.9 Å². The molecule has 0 saturated carbocycles. The minimum Gasteiger partial charge on any atom is -0.0922 e. The van der Waals surface area contributed by atoms with Crippen molar-refractivity contribution in [2.75, 3.05) is 10.7 Å². The van der Waals surface area contributed by atoms with Crippen LogP contribution in [0, 0.1) is 5.41 Å². The van der Waals surface area contributed by atoms with Crippen molar-refractivity contribution in [3.8, 4) is 0 Å². The molecule has 1 aromatic carbocycles. The summed E-state index contributed by atoms with van der Waals surface area (Å²) >= 11 is 7.30. The number of hydrogen-bond donors (Lipinski definition) is 0. The highest BCUT2D eigenvalue weighted by Gasteiger charge is 2.25. The summed E-state index contributed by atoms with van der Waals surface area (Å²) in [6.07, 6.45) is 3.46. The first-order chi connectivity index (χ1) is 7.69. The van der Waals surface area contributed by atoms with E-state index in [1.54, 1.807) is 0 Å². The van der Waals surface area contributed by atoms with Gasteiger partial charge in [0.1, 0.15) is 0 Å². The molecule has 2 heteroatoms. The van der Waals surface area contributed by atoms with Crippen LogP contribution in [0.4, 0.5) is 0 Å². The van der Waals surface area contributed by atoms with E-state index >= 15 is 0 Å². The van der Waals surface area contributed by atoms with Crippen LogP contribution in [0.1, 0.15) is 31.4 Å². The van der Waals surface area contributed by atoms with Crippen LogP contribution in [0.5, 0.6) is 0 Å². The van der Waals surface area contributed by atoms with E-state index in [0.717, 1.165) is 23.5 Å². The molecular formula is C14H20Br2. The third-order valence-electron chi connectivity index (χ3n) is 3.33. The minimum absolute atomic E-state index is 0.355. The van der Waals surface area contributed by atoms with Gasteiger partial charge in [0.2, 0.25) is 0 Å². The molecule has 0 N–H and O–H groups in total. The Kier molecular flexibility index (Phi) is 6.06. The molecule has 0 radical (unpaired) electrons. The fraction of sp³-hybridized carbons (Fsp3) is 0.571. The van der Waals surface area contributed by atoms with Crippen molar-refractivity contribution in [3.05, 3.63) is 35.4 Å². The van der Waals surface area contributed by atoms with Crippen LogP contribution in [0.3, 0.4) is 0 Å². The van der Waals surface area contributed by atoms with E-state index in [2.05, 4.69) is 70.0 Å². The van der Waals surface area contributed by atoms with Gasteiger partial charge in [-0.3, -0.25) is 0 Å². The SMILES string of the molecule is CCc1ccc(CC(CC)(CBr)CBr)cc1. The summed E-state index contributed by atoms with van der Waals surface area (Å²) in [5, 5.41) is 2.11. The van der Waals surface area contributed by atoms with E-state index < -0.39 is 0 Å². The van der Waals surface area contributed by atoms with Crippen molar-refractivity contribution in [3.63, 3.8) is 0 Å². The predicted molar refractivity (Wildman–Crippen MR) is 79.8 cm³/mol. The zero-order valence-electron chi connectivity index (χ0n) is 10.1. The molecule has 0 amide bonds. The maximum Gasteiger partial charge on any atom is 0.00990 e. The van der Waals surface area contributed by atoms with E-state index in [1.165, 1.54) is 17.5 Å². The van der Waals surface area contributed by atoms with Gasteiger partial charge in [0.15, 0.2) is 0 Å². The van der Waals surface area contributed by atoms with E-state index in [-0.39, 0.29) is 0 Å². The number of halogens is 2. The summed E-state index contributed by atoms with van der Waals surface area (Å²) < 4.78 is 0. The first-order valence-electron chi connectivity index (χ1n) is 5.89. The van der Waals surface area contributed by atoms with Crippen molar-refractivity contribution in [1.82, 2.24) is 0 Å². The summed E-state index contributed by atoms with van der Waals surface area (Å²) in [6.45, 7) is 4.46. The minimum atomic E-state index is 0.355. The van der Waals surface area contributed by atoms with Gasteiger partial charge in [-0.25, -0.2) is 0 Å². The van der Waals surface area contributed by atoms with Gasteiger partial charge in [-0.15, -0.1) is 0 Å². The molecule has 0 aliphatic heterocycles. The highest BCUT2D eigenvalue weighted by atomic mass is 79.9. The largest absolute Gasteiger partial charge is 0.0922 e. The molecule has 0 atom stereocenters. The van der Waals surface area contributed by atoms with Crippen molar-refractivity contribution < 1.29 is 0 Å². The highest BCUT2D eigenvalue weighted by Crippen LogP contribution is 2.31. The first kappa shape index (κ1) is 14.2. The normalized spacial score (nSPS) is 11.8. The average molecular weight is 348 g/mol. The summed E-state index contributed by atoms with van der Waals surface area (Å²) in [7, 11) is 0. The van der Waals surface area contributed by atoms with Crippen LogP contribution in [-0.4, -0.2) is 10.7 Å². The third-order valence-corrected chi connectivity index (χ3v) is 5.71. The number of aryl methyl sites for hydroxylation is 1. The molecule has 0 saturated heterocycles. The number of hydrogen-bond acceptors (Lipinski definition) is 0. The van der Waals surface area contributed by atoms with E-state index in [4.69, 9.17) is 0 Å². The van der Waals surface area contributed by atoms with E-state index in [9.17, 15) is 0 Å². The second-order valence-corrected chi connectivity index (χ2v) is 5.59. The van der Waals surface area contributed by atoms with Gasteiger partial charge in [-0.2, -0.15) is 0 Å². The Bertz CT molecular complexity index is 291. The molecule has 16 heavy (non-hydrogen) atoms. The smallest absolute Gasteiger partial charge is 0.00990 e. The predicted octanol–water partition coefficient (Wildman–Crippen LogP) is 4.98. The quantitative estimate of drug-likeness (QED) is 0.637. The van der Waals surface area contributed by atoms with Crippen LogP contribution in [0.2, 0.25) is 0 Å². The molecule has 0 bridgehead atoms. The Morgan fingerprint density at radius 2 is 1.44 bits per heavy atom. The van der Waals surface area contributed by atoms with E-state index in [1.807, 2.05) is 0 Å². The Morgan fingerprint density at radius 3 is 1.81 bits per heavy atom. The standard InChI is InChI=1S/C14H20Br2/c1-3-12-5-7-13(8-6-12)9-14(4-2,10-15)11-16/h5-8H,3-4,9-11H2,1-2H3. The monoisotopic (exact) mass is 346 g/mol. The number of alkyl halides is 2. The van der Waals surface area contributed by atoms with Gasteiger partial charge in [-0.05, 0) is 35.8 Å². The van der Waals surface area contributed by atoms with Crippen molar-refractivity contribution in [2.24, 2.45) is 5.41 Å². The molecule has 1 aromatic rings. The molecule has 0 aliphatic carbocycles. The zero-order valence-corrected chi connectivity index (χ0v) is 13.3. The number of rotatable bonds is 6. The molecule has 0 nitrogen and oxygen atoms in total. The van der Waals surface area contributed by atoms with Gasteiger partial charge in [0.25, 0.3) is 0 Å². The summed E-state index contributed by atoms with van der Waals surface area (Å²) in [6, 6.07) is 9.04. The summed E-state index contributed by atoms with van der Waals surface area (Å²) in [5.74, 6) is 0. The molecule has 0 spiro atoms. The van der Waals surface area contributed by atoms with Crippen molar-refractivity contribution >= 4 is 31.9 Å². The Labute approximate surface area is 116 Å². The Hall–Kier alpha value is 0.180. The number of benzene rings is 1. The summed E-state index contributed by atoms with van der Waals surface area (Å²) in [5.41, 5.74) is 3.22. The van der Waals surface area contributed by atoms with Gasteiger partial charge in [-0.1, -0.05) is 70.0 Å². The third kappa shape index (κ3) is 3.59. The van der Waals surface area contributed by atoms with Gasteiger partial charge >= 0.3 is 0 Å². The molecule has 1 rings (SSSR count). The molecule has 0 aliphatic rings. The fourth-order valence-corrected chi connectivity index (χ4v) is 3.89. The molecular weight excluding hydrogens is 328 g/mol. The lowest BCUT2D eigenvalue weighted by molar-refractivity contribution is 0.374. The van der Waals surface area contributed by atoms with Crippen LogP contribution in [0.25, 0.3) is 0 Å². The fourth-order valence-electron chi connectivity index (χ4n) is 1.77. The highest BCUT2D eigenvalue weighted by molar-refractivity contribution is 9.09. The zero-order chi connectivity index (χ0) is 12.0. The van der Waals surface area contributed by atoms with Crippen molar-refractivity contribution in [1.29, 1.82) is 0 Å². The van der Waals surface area contributed by atoms with Gasteiger partial charge < -0.3 is 0 Å². The molecule has 0 unspecified atom stereocenters. The second kappa shape index (κ2) is 6.80. The molecule has 0 aromatic heterocycles. The topological polar surface area (TPSA) is 0 Å². The van der Waals surface area contributed by atoms with Gasteiger partial charge in [0, 0.05) is 10.7 Å². The first-order valence-corrected chi connectivity index (χ1v) is 8.13. The lowest BCUT2D eigenvalue weighted by Gasteiger charge is -2.28. The molecule has 0 heterocycles. The van der Waals surface area contributed by atoms with Crippen molar-refractivity contribution in [2.45, 2.75) is 33.1 Å². The maximum atomic E-state index is 3.65. The Balaban J connectivity index is 2.77. The average Bonchev–Trinajstić information content (AvgIpc) is 2.37. The maximum absolute atomic E-state index is 3.65. The summed E-state index contributed by atoms with van der Waals surface area (Å²) in [4.78, 5) is 0. The Morgan fingerprint density at radius 1 is 0.938 bits per heavy atom. The van der Waals surface area contributed by atoms with Crippen LogP contribution in [0.15, 0.2) is 24.3 Å². The van der Waals surface area contributed by atoms with Crippen LogP contribution < -0.4 is 0 Å². The van der Waals surface area contributed by atoms with Crippen LogP contribution in [-0.2, 0) is 12.8 Å². The molecule has 0 fully saturated rings.